The van der Waals surface area contributed by atoms with Gasteiger partial charge in [0.2, 0.25) is 0 Å². The van der Waals surface area contributed by atoms with E-state index >= 15 is 0 Å². The number of carboxylic acid groups (broad SMARTS) is 1. The van der Waals surface area contributed by atoms with Gasteiger partial charge in [-0.3, -0.25) is 14.4 Å². The Morgan fingerprint density at radius 1 is 0.810 bits per heavy atom. The molecular formula is C36H56O6. The van der Waals surface area contributed by atoms with Gasteiger partial charge in [-0.2, -0.15) is 0 Å². The maximum absolute atomic E-state index is 13.5. The van der Waals surface area contributed by atoms with Crippen LogP contribution in [0.3, 0.4) is 0 Å². The van der Waals surface area contributed by atoms with Crippen LogP contribution in [-0.2, 0) is 23.9 Å². The first-order chi connectivity index (χ1) is 19.5. The molecular weight excluding hydrogens is 528 g/mol. The van der Waals surface area contributed by atoms with Crippen LogP contribution < -0.4 is 0 Å². The number of ether oxygens (including phenoxy) is 2. The Kier molecular flexibility index (Phi) is 7.79. The van der Waals surface area contributed by atoms with Crippen LogP contribution in [0.2, 0.25) is 0 Å². The van der Waals surface area contributed by atoms with Gasteiger partial charge in [-0.15, -0.1) is 0 Å². The summed E-state index contributed by atoms with van der Waals surface area (Å²) in [6.07, 6.45) is 11.7. The third-order valence-corrected chi connectivity index (χ3v) is 14.1. The van der Waals surface area contributed by atoms with Gasteiger partial charge in [0.1, 0.15) is 6.10 Å². The first-order valence-corrected chi connectivity index (χ1v) is 16.7. The molecule has 1 N–H and O–H groups in total. The monoisotopic (exact) mass is 584 g/mol. The molecule has 1 unspecified atom stereocenters. The molecule has 6 nitrogen and oxygen atoms in total. The highest BCUT2D eigenvalue weighted by atomic mass is 16.5. The van der Waals surface area contributed by atoms with E-state index in [1.807, 2.05) is 0 Å². The lowest BCUT2D eigenvalue weighted by Crippen LogP contribution is -2.64. The van der Waals surface area contributed by atoms with Crippen LogP contribution in [0.1, 0.15) is 138 Å². The topological polar surface area (TPSA) is 89.9 Å². The van der Waals surface area contributed by atoms with Crippen LogP contribution in [0.4, 0.5) is 0 Å². The number of carbonyl (C=O) groups is 3. The summed E-state index contributed by atoms with van der Waals surface area (Å²) in [5.41, 5.74) is 3.04. The third kappa shape index (κ3) is 4.59. The molecule has 42 heavy (non-hydrogen) atoms. The lowest BCUT2D eigenvalue weighted by atomic mass is 9.34. The summed E-state index contributed by atoms with van der Waals surface area (Å²) < 4.78 is 11.6. The molecule has 4 saturated carbocycles. The third-order valence-electron chi connectivity index (χ3n) is 14.1. The molecule has 0 aromatic heterocycles. The molecule has 0 heterocycles. The van der Waals surface area contributed by atoms with Gasteiger partial charge in [0.25, 0.3) is 0 Å². The molecule has 0 amide bonds. The van der Waals surface area contributed by atoms with E-state index in [1.165, 1.54) is 5.57 Å². The molecule has 4 fully saturated rings. The van der Waals surface area contributed by atoms with Crippen LogP contribution in [0.25, 0.3) is 0 Å². The van der Waals surface area contributed by atoms with Crippen LogP contribution in [0.5, 0.6) is 0 Å². The highest BCUT2D eigenvalue weighted by Crippen LogP contribution is 2.75. The first-order valence-electron chi connectivity index (χ1n) is 16.7. The van der Waals surface area contributed by atoms with Crippen molar-refractivity contribution in [3.05, 3.63) is 11.1 Å². The zero-order valence-electron chi connectivity index (χ0n) is 27.6. The summed E-state index contributed by atoms with van der Waals surface area (Å²) in [5.74, 6) is -0.109. The summed E-state index contributed by atoms with van der Waals surface area (Å²) in [7, 11) is 1.57. The van der Waals surface area contributed by atoms with Crippen molar-refractivity contribution in [3.63, 3.8) is 0 Å². The van der Waals surface area contributed by atoms with Gasteiger partial charge >= 0.3 is 17.9 Å². The molecule has 5 aliphatic rings. The summed E-state index contributed by atoms with van der Waals surface area (Å²) in [4.78, 5) is 37.1. The van der Waals surface area contributed by atoms with Gasteiger partial charge in [-0.25, -0.2) is 0 Å². The average Bonchev–Trinajstić information content (AvgIpc) is 2.89. The molecule has 5 rings (SSSR count). The second-order valence-electron chi connectivity index (χ2n) is 16.9. The smallest absolute Gasteiger partial charge is 0.315 e. The highest BCUT2D eigenvalue weighted by molar-refractivity contribution is 5.82. The molecule has 0 saturated heterocycles. The molecule has 0 radical (unpaired) electrons. The van der Waals surface area contributed by atoms with Crippen molar-refractivity contribution in [3.8, 4) is 0 Å². The summed E-state index contributed by atoms with van der Waals surface area (Å²) in [6.45, 7) is 17.0. The minimum Gasteiger partial charge on any atom is -0.481 e. The summed E-state index contributed by atoms with van der Waals surface area (Å²) >= 11 is 0. The maximum atomic E-state index is 13.5. The van der Waals surface area contributed by atoms with Crippen LogP contribution >= 0.6 is 0 Å². The van der Waals surface area contributed by atoms with Crippen molar-refractivity contribution >= 4 is 17.9 Å². The van der Waals surface area contributed by atoms with Gasteiger partial charge in [-0.1, -0.05) is 59.6 Å². The quantitative estimate of drug-likeness (QED) is 0.250. The van der Waals surface area contributed by atoms with Crippen molar-refractivity contribution in [2.45, 2.75) is 144 Å². The zero-order chi connectivity index (χ0) is 30.9. The molecule has 7 atom stereocenters. The van der Waals surface area contributed by atoms with E-state index < -0.39 is 11.4 Å². The van der Waals surface area contributed by atoms with Gasteiger partial charge in [0, 0.05) is 18.3 Å². The van der Waals surface area contributed by atoms with Gasteiger partial charge < -0.3 is 14.6 Å². The Morgan fingerprint density at radius 3 is 2.17 bits per heavy atom. The predicted molar refractivity (Wildman–Crippen MR) is 162 cm³/mol. The second-order valence-corrected chi connectivity index (χ2v) is 16.9. The lowest BCUT2D eigenvalue weighted by molar-refractivity contribution is -0.214. The number of allylic oxidation sites excluding steroid dienone is 1. The number of esters is 2. The maximum Gasteiger partial charge on any atom is 0.315 e. The fraction of sp³-hybridized carbons (Fsp3) is 0.861. The molecule has 0 aromatic carbocycles. The standard InChI is InChI=1S/C36H56O6/c1-31(2)18-20-36(30(40)41-8)21-19-34(6)23(24(36)22-31)12-13-26-33(5)16-15-27(42-29(39)11-9-10-28(37)38)32(3,4)25(33)14-17-35(26,34)7/h25-27H,9-22H2,1-8H3,(H,37,38)/t25-,26+,27-,33-,34+,35+,36?/m0/s1. The number of fused-ring (bicyclic) bond motifs is 6. The molecule has 0 aromatic rings. The summed E-state index contributed by atoms with van der Waals surface area (Å²) in [5, 5.41) is 8.95. The van der Waals surface area contributed by atoms with Crippen molar-refractivity contribution in [2.75, 3.05) is 7.11 Å². The summed E-state index contributed by atoms with van der Waals surface area (Å²) in [6, 6.07) is 0. The van der Waals surface area contributed by atoms with E-state index in [2.05, 4.69) is 48.5 Å². The molecule has 0 bridgehead atoms. The van der Waals surface area contributed by atoms with E-state index in [9.17, 15) is 14.4 Å². The number of hydrogen-bond donors (Lipinski definition) is 1. The Hall–Kier alpha value is -1.85. The number of aliphatic carboxylic acids is 1. The van der Waals surface area contributed by atoms with Gasteiger partial charge in [0.05, 0.1) is 12.5 Å². The normalized spacial score (nSPS) is 41.9. The highest BCUT2D eigenvalue weighted by Gasteiger charge is 2.68. The second kappa shape index (κ2) is 10.4. The van der Waals surface area contributed by atoms with Crippen molar-refractivity contribution < 1.29 is 29.0 Å². The van der Waals surface area contributed by atoms with E-state index in [0.717, 1.165) is 70.6 Å². The predicted octanol–water partition coefficient (Wildman–Crippen LogP) is 8.27. The zero-order valence-corrected chi connectivity index (χ0v) is 27.6. The van der Waals surface area contributed by atoms with Gasteiger partial charge in [0.15, 0.2) is 0 Å². The number of carboxylic acids is 1. The Labute approximate surface area is 253 Å². The fourth-order valence-corrected chi connectivity index (χ4v) is 11.6. The van der Waals surface area contributed by atoms with Crippen molar-refractivity contribution in [2.24, 2.45) is 44.3 Å². The Bertz CT molecular complexity index is 1170. The first kappa shape index (κ1) is 31.6. The van der Waals surface area contributed by atoms with E-state index in [1.54, 1.807) is 12.7 Å². The number of rotatable bonds is 6. The van der Waals surface area contributed by atoms with E-state index in [4.69, 9.17) is 14.6 Å². The van der Waals surface area contributed by atoms with Crippen LogP contribution in [0.15, 0.2) is 11.1 Å². The van der Waals surface area contributed by atoms with Crippen molar-refractivity contribution in [1.82, 2.24) is 0 Å². The Morgan fingerprint density at radius 2 is 1.50 bits per heavy atom. The minimum atomic E-state index is -0.872. The SMILES string of the molecule is COC(=O)C12CCC(C)(C)CC1=C1CC[C@@H]3[C@@]4(C)CC[C@H](OC(=O)CCCC(=O)O)C(C)(C)[C@@H]4CC[C@@]3(C)[C@]1(C)CC2. The van der Waals surface area contributed by atoms with Crippen LogP contribution in [-0.4, -0.2) is 36.2 Å². The average molecular weight is 585 g/mol. The number of hydrogen-bond acceptors (Lipinski definition) is 5. The van der Waals surface area contributed by atoms with E-state index in [-0.39, 0.29) is 58.0 Å². The van der Waals surface area contributed by atoms with Gasteiger partial charge in [-0.05, 0) is 111 Å². The van der Waals surface area contributed by atoms with Crippen molar-refractivity contribution in [1.29, 1.82) is 0 Å². The molecule has 5 aliphatic carbocycles. The molecule has 0 spiro atoms. The number of methoxy groups -OCH3 is 1. The largest absolute Gasteiger partial charge is 0.481 e. The fourth-order valence-electron chi connectivity index (χ4n) is 11.6. The minimum absolute atomic E-state index is 0.000714. The van der Waals surface area contributed by atoms with Crippen LogP contribution in [0, 0.1) is 44.3 Å². The molecule has 0 aliphatic heterocycles. The lowest BCUT2D eigenvalue weighted by Gasteiger charge is -2.71. The van der Waals surface area contributed by atoms with E-state index in [0.29, 0.717) is 18.3 Å². The molecule has 6 heteroatoms. The molecule has 236 valence electrons. The number of carbonyl (C=O) groups excluding carboxylic acids is 2. The Balaban J connectivity index is 1.44.